The van der Waals surface area contributed by atoms with Crippen LogP contribution in [0.25, 0.3) is 6.08 Å². The van der Waals surface area contributed by atoms with Crippen LogP contribution in [-0.4, -0.2) is 21.1 Å². The number of carboxylic acid groups (broad SMARTS) is 1. The lowest BCUT2D eigenvalue weighted by Gasteiger charge is -2.14. The lowest BCUT2D eigenvalue weighted by Crippen LogP contribution is -2.27. The van der Waals surface area contributed by atoms with Gasteiger partial charge in [-0.2, -0.15) is 0 Å². The van der Waals surface area contributed by atoms with E-state index in [1.165, 1.54) is 23.9 Å². The normalized spacial score (nSPS) is 16.0. The maximum Gasteiger partial charge on any atom is 0.266 e. The van der Waals surface area contributed by atoms with Crippen molar-refractivity contribution in [3.63, 3.8) is 0 Å². The van der Waals surface area contributed by atoms with Crippen LogP contribution in [0.4, 0.5) is 0 Å². The van der Waals surface area contributed by atoms with Crippen LogP contribution in [0.1, 0.15) is 21.5 Å². The molecule has 0 atom stereocenters. The van der Waals surface area contributed by atoms with Crippen molar-refractivity contribution in [3.8, 4) is 0 Å². The molecule has 1 aliphatic rings. The molecule has 0 aliphatic carbocycles. The second kappa shape index (κ2) is 6.98. The van der Waals surface area contributed by atoms with Gasteiger partial charge in [0.05, 0.1) is 17.4 Å². The Bertz CT molecular complexity index is 846. The number of benzene rings is 2. The maximum atomic E-state index is 12.6. The minimum Gasteiger partial charge on any atom is -0.545 e. The van der Waals surface area contributed by atoms with Crippen LogP contribution >= 0.6 is 24.0 Å². The average molecular weight is 354 g/mol. The Kier molecular flexibility index (Phi) is 4.78. The Balaban J connectivity index is 1.83. The molecule has 6 heteroatoms. The summed E-state index contributed by atoms with van der Waals surface area (Å²) in [6, 6.07) is 15.9. The lowest BCUT2D eigenvalue weighted by molar-refractivity contribution is -0.255. The lowest BCUT2D eigenvalue weighted by atomic mass is 10.1. The van der Waals surface area contributed by atoms with Crippen LogP contribution in [0.3, 0.4) is 0 Å². The Hall–Kier alpha value is -2.44. The van der Waals surface area contributed by atoms with Crippen molar-refractivity contribution in [2.75, 3.05) is 0 Å². The molecule has 0 unspecified atom stereocenters. The van der Waals surface area contributed by atoms with E-state index >= 15 is 0 Å². The van der Waals surface area contributed by atoms with Gasteiger partial charge < -0.3 is 9.90 Å². The molecule has 0 spiro atoms. The molecule has 0 bridgehead atoms. The molecule has 0 radical (unpaired) electrons. The smallest absolute Gasteiger partial charge is 0.266 e. The minimum atomic E-state index is -1.25. The zero-order chi connectivity index (χ0) is 17.1. The maximum absolute atomic E-state index is 12.6. The number of thiocarbonyl (C=S) groups is 1. The van der Waals surface area contributed by atoms with Crippen LogP contribution < -0.4 is 5.11 Å². The highest BCUT2D eigenvalue weighted by molar-refractivity contribution is 8.26. The predicted molar refractivity (Wildman–Crippen MR) is 95.9 cm³/mol. The molecule has 24 heavy (non-hydrogen) atoms. The zero-order valence-electron chi connectivity index (χ0n) is 12.5. The average Bonchev–Trinajstić information content (AvgIpc) is 2.83. The standard InChI is InChI=1S/C18H13NO3S2/c20-16-15(10-13-7-4-8-14(9-13)17(21)22)24-18(23)19(16)11-12-5-2-1-3-6-12/h1-10H,11H2,(H,21,22)/p-1/b15-10-. The van der Waals surface area contributed by atoms with E-state index in [0.29, 0.717) is 21.3 Å². The molecule has 1 saturated heterocycles. The Morgan fingerprint density at radius 1 is 1.17 bits per heavy atom. The molecule has 2 aromatic rings. The molecule has 2 aromatic carbocycles. The van der Waals surface area contributed by atoms with Crippen molar-refractivity contribution < 1.29 is 14.7 Å². The fourth-order valence-corrected chi connectivity index (χ4v) is 3.56. The second-order valence-electron chi connectivity index (χ2n) is 5.17. The third-order valence-electron chi connectivity index (χ3n) is 3.48. The zero-order valence-corrected chi connectivity index (χ0v) is 14.1. The number of carboxylic acids is 1. The molecule has 120 valence electrons. The number of carbonyl (C=O) groups excluding carboxylic acids is 2. The van der Waals surface area contributed by atoms with Gasteiger partial charge in [-0.15, -0.1) is 0 Å². The van der Waals surface area contributed by atoms with Crippen LogP contribution in [0.2, 0.25) is 0 Å². The fraction of sp³-hybridized carbons (Fsp3) is 0.0556. The van der Waals surface area contributed by atoms with Gasteiger partial charge in [0.15, 0.2) is 0 Å². The summed E-state index contributed by atoms with van der Waals surface area (Å²) in [6.45, 7) is 0.419. The third-order valence-corrected chi connectivity index (χ3v) is 4.85. The summed E-state index contributed by atoms with van der Waals surface area (Å²) in [5, 5.41) is 10.9. The van der Waals surface area contributed by atoms with E-state index in [-0.39, 0.29) is 11.5 Å². The van der Waals surface area contributed by atoms with Crippen LogP contribution in [0, 0.1) is 0 Å². The second-order valence-corrected chi connectivity index (χ2v) is 6.84. The SMILES string of the molecule is O=C([O-])c1cccc(/C=C2\SC(=S)N(Cc3ccccc3)C2=O)c1. The molecule has 1 aliphatic heterocycles. The molecule has 4 nitrogen and oxygen atoms in total. The van der Waals surface area contributed by atoms with Gasteiger partial charge in [0, 0.05) is 0 Å². The van der Waals surface area contributed by atoms with Crippen molar-refractivity contribution >= 4 is 46.3 Å². The quantitative estimate of drug-likeness (QED) is 0.623. The van der Waals surface area contributed by atoms with Gasteiger partial charge in [-0.05, 0) is 28.8 Å². The Labute approximate surface area is 148 Å². The third kappa shape index (κ3) is 3.55. The van der Waals surface area contributed by atoms with Gasteiger partial charge in [0.2, 0.25) is 0 Å². The number of rotatable bonds is 4. The summed E-state index contributed by atoms with van der Waals surface area (Å²) in [5.41, 5.74) is 1.69. The van der Waals surface area contributed by atoms with Crippen LogP contribution in [0.15, 0.2) is 59.5 Å². The van der Waals surface area contributed by atoms with E-state index in [2.05, 4.69) is 0 Å². The van der Waals surface area contributed by atoms with Gasteiger partial charge in [-0.25, -0.2) is 0 Å². The number of aromatic carboxylic acids is 1. The summed E-state index contributed by atoms with van der Waals surface area (Å²) in [5.74, 6) is -1.42. The van der Waals surface area contributed by atoms with Gasteiger partial charge >= 0.3 is 0 Å². The number of nitrogens with zero attached hydrogens (tertiary/aromatic N) is 1. The van der Waals surface area contributed by atoms with E-state index in [0.717, 1.165) is 5.56 Å². The summed E-state index contributed by atoms with van der Waals surface area (Å²) >= 11 is 6.52. The van der Waals surface area contributed by atoms with Crippen molar-refractivity contribution in [2.45, 2.75) is 6.54 Å². The topological polar surface area (TPSA) is 60.4 Å². The van der Waals surface area contributed by atoms with E-state index in [1.807, 2.05) is 30.3 Å². The van der Waals surface area contributed by atoms with E-state index in [1.54, 1.807) is 23.1 Å². The highest BCUT2D eigenvalue weighted by atomic mass is 32.2. The molecular weight excluding hydrogens is 342 g/mol. The first-order valence-electron chi connectivity index (χ1n) is 7.15. The van der Waals surface area contributed by atoms with Gasteiger partial charge in [0.1, 0.15) is 4.32 Å². The number of thioether (sulfide) groups is 1. The molecule has 1 fully saturated rings. The van der Waals surface area contributed by atoms with E-state index in [4.69, 9.17) is 12.2 Å². The molecule has 0 N–H and O–H groups in total. The molecule has 0 aromatic heterocycles. The molecule has 1 amide bonds. The van der Waals surface area contributed by atoms with Gasteiger partial charge in [-0.3, -0.25) is 9.69 Å². The predicted octanol–water partition coefficient (Wildman–Crippen LogP) is 2.45. The minimum absolute atomic E-state index is 0.0727. The monoisotopic (exact) mass is 354 g/mol. The summed E-state index contributed by atoms with van der Waals surface area (Å²) in [7, 11) is 0. The summed E-state index contributed by atoms with van der Waals surface area (Å²) in [6.07, 6.45) is 1.65. The molecule has 1 heterocycles. The largest absolute Gasteiger partial charge is 0.545 e. The fourth-order valence-electron chi connectivity index (χ4n) is 2.31. The molecular formula is C18H12NO3S2-. The van der Waals surface area contributed by atoms with Crippen molar-refractivity contribution in [3.05, 3.63) is 76.2 Å². The highest BCUT2D eigenvalue weighted by Crippen LogP contribution is 2.33. The van der Waals surface area contributed by atoms with E-state index in [9.17, 15) is 14.7 Å². The highest BCUT2D eigenvalue weighted by Gasteiger charge is 2.31. The summed E-state index contributed by atoms with van der Waals surface area (Å²) < 4.78 is 0.492. The first kappa shape index (κ1) is 16.4. The number of carbonyl (C=O) groups is 2. The molecule has 0 saturated carbocycles. The van der Waals surface area contributed by atoms with E-state index < -0.39 is 5.97 Å². The first-order chi connectivity index (χ1) is 11.5. The van der Waals surface area contributed by atoms with Crippen LogP contribution in [0.5, 0.6) is 0 Å². The first-order valence-corrected chi connectivity index (χ1v) is 8.38. The molecule has 3 rings (SSSR count). The Morgan fingerprint density at radius 2 is 1.92 bits per heavy atom. The van der Waals surface area contributed by atoms with Crippen molar-refractivity contribution in [1.29, 1.82) is 0 Å². The summed E-state index contributed by atoms with van der Waals surface area (Å²) in [4.78, 5) is 25.5. The number of hydrogen-bond donors (Lipinski definition) is 0. The number of amides is 1. The van der Waals surface area contributed by atoms with Gasteiger partial charge in [-0.1, -0.05) is 72.5 Å². The number of hydrogen-bond acceptors (Lipinski definition) is 5. The van der Waals surface area contributed by atoms with Crippen molar-refractivity contribution in [1.82, 2.24) is 4.90 Å². The van der Waals surface area contributed by atoms with Crippen molar-refractivity contribution in [2.24, 2.45) is 0 Å². The Morgan fingerprint density at radius 3 is 2.62 bits per heavy atom. The van der Waals surface area contributed by atoms with Crippen LogP contribution in [-0.2, 0) is 11.3 Å². The van der Waals surface area contributed by atoms with Gasteiger partial charge in [0.25, 0.3) is 5.91 Å².